The van der Waals surface area contributed by atoms with Gasteiger partial charge in [0.25, 0.3) is 0 Å². The minimum Gasteiger partial charge on any atom is -0.449 e. The summed E-state index contributed by atoms with van der Waals surface area (Å²) in [6, 6.07) is 1.77. The number of carbonyl (C=O) groups excluding carboxylic acids is 2. The molecule has 2 atom stereocenters. The predicted molar refractivity (Wildman–Crippen MR) is 128 cm³/mol. The van der Waals surface area contributed by atoms with Crippen molar-refractivity contribution in [3.8, 4) is 0 Å². The lowest BCUT2D eigenvalue weighted by Gasteiger charge is -2.41. The first kappa shape index (κ1) is 30.5. The maximum absolute atomic E-state index is 13.6. The largest absolute Gasteiger partial charge is 0.449 e. The topological polar surface area (TPSA) is 58.6 Å². The highest BCUT2D eigenvalue weighted by Gasteiger charge is 2.46. The summed E-state index contributed by atoms with van der Waals surface area (Å²) in [7, 11) is 0. The van der Waals surface area contributed by atoms with Crippen LogP contribution in [0.25, 0.3) is 0 Å². The highest BCUT2D eigenvalue weighted by atomic mass is 19.4. The van der Waals surface area contributed by atoms with E-state index < -0.39 is 71.3 Å². The summed E-state index contributed by atoms with van der Waals surface area (Å²) in [5, 5.41) is 2.49. The molecule has 14 heteroatoms. The Balaban J connectivity index is 1.68. The van der Waals surface area contributed by atoms with E-state index in [1.807, 2.05) is 0 Å². The molecule has 41 heavy (non-hydrogen) atoms. The van der Waals surface area contributed by atoms with E-state index >= 15 is 0 Å². The van der Waals surface area contributed by atoms with Gasteiger partial charge in [0.2, 0.25) is 5.91 Å². The number of nitrogens with zero attached hydrogens (tertiary/aromatic N) is 1. The normalized spacial score (nSPS) is 19.5. The fourth-order valence-electron chi connectivity index (χ4n) is 4.95. The number of benzene rings is 2. The van der Waals surface area contributed by atoms with E-state index in [0.717, 1.165) is 18.2 Å². The summed E-state index contributed by atoms with van der Waals surface area (Å²) in [6.07, 6.45) is -14.8. The molecule has 1 saturated carbocycles. The molecule has 1 N–H and O–H groups in total. The molecule has 0 spiro atoms. The van der Waals surface area contributed by atoms with Crippen molar-refractivity contribution in [1.82, 2.24) is 5.32 Å². The smallest absolute Gasteiger partial charge is 0.416 e. The molecule has 0 saturated heterocycles. The Labute approximate surface area is 228 Å². The van der Waals surface area contributed by atoms with Crippen LogP contribution in [-0.4, -0.2) is 24.6 Å². The minimum atomic E-state index is -5.11. The summed E-state index contributed by atoms with van der Waals surface area (Å²) in [4.78, 5) is 27.2. The van der Waals surface area contributed by atoms with Crippen molar-refractivity contribution < 1.29 is 53.8 Å². The minimum absolute atomic E-state index is 0.0255. The van der Waals surface area contributed by atoms with Crippen LogP contribution in [-0.2, 0) is 34.5 Å². The molecular formula is C27H25F9N2O3. The number of hydrogen-bond acceptors (Lipinski definition) is 3. The quantitative estimate of drug-likeness (QED) is 0.348. The summed E-state index contributed by atoms with van der Waals surface area (Å²) in [5.74, 6) is -1.03. The lowest BCUT2D eigenvalue weighted by molar-refractivity contribution is -0.143. The zero-order chi connectivity index (χ0) is 30.3. The SMILES string of the molecule is CCCOC(=O)N1c2ccc(C(F)(F)F)cc2C(NC(=O)Cc2cc(C(F)(F)F)cc(C(F)(F)F)c2)CC1C1CC1. The van der Waals surface area contributed by atoms with Crippen molar-refractivity contribution in [3.05, 3.63) is 64.2 Å². The first-order valence-electron chi connectivity index (χ1n) is 12.7. The number of hydrogen-bond donors (Lipinski definition) is 1. The van der Waals surface area contributed by atoms with Gasteiger partial charge in [0.15, 0.2) is 0 Å². The van der Waals surface area contributed by atoms with Crippen molar-refractivity contribution in [2.45, 2.75) is 69.6 Å². The Bertz CT molecular complexity index is 1270. The van der Waals surface area contributed by atoms with E-state index in [9.17, 15) is 49.1 Å². The van der Waals surface area contributed by atoms with Crippen LogP contribution in [0.5, 0.6) is 0 Å². The van der Waals surface area contributed by atoms with Gasteiger partial charge in [0, 0.05) is 6.04 Å². The summed E-state index contributed by atoms with van der Waals surface area (Å²) in [5.41, 5.74) is -4.82. The second-order valence-corrected chi connectivity index (χ2v) is 10.1. The van der Waals surface area contributed by atoms with E-state index in [4.69, 9.17) is 4.74 Å². The summed E-state index contributed by atoms with van der Waals surface area (Å²) >= 11 is 0. The molecule has 5 nitrogen and oxygen atoms in total. The van der Waals surface area contributed by atoms with Crippen molar-refractivity contribution >= 4 is 17.7 Å². The first-order valence-corrected chi connectivity index (χ1v) is 12.7. The Morgan fingerprint density at radius 3 is 1.98 bits per heavy atom. The predicted octanol–water partition coefficient (Wildman–Crippen LogP) is 7.68. The van der Waals surface area contributed by atoms with Crippen molar-refractivity contribution in [1.29, 1.82) is 0 Å². The van der Waals surface area contributed by atoms with E-state index in [2.05, 4.69) is 5.32 Å². The third-order valence-corrected chi connectivity index (χ3v) is 6.94. The fourth-order valence-corrected chi connectivity index (χ4v) is 4.95. The molecule has 0 bridgehead atoms. The van der Waals surface area contributed by atoms with Crippen LogP contribution in [0.15, 0.2) is 36.4 Å². The number of anilines is 1. The molecule has 224 valence electrons. The van der Waals surface area contributed by atoms with E-state index in [1.54, 1.807) is 6.92 Å². The standard InChI is InChI=1S/C27H25F9N2O3/c1-2-7-41-24(40)38-21-6-5-16(25(28,29)30)12-19(21)20(13-22(38)15-3-4-15)37-23(39)10-14-8-17(26(31,32)33)11-18(9-14)27(34,35)36/h5-6,8-9,11-12,15,20,22H,2-4,7,10,13H2,1H3,(H,37,39). The molecular weight excluding hydrogens is 571 g/mol. The molecule has 1 aliphatic heterocycles. The van der Waals surface area contributed by atoms with Crippen LogP contribution < -0.4 is 10.2 Å². The molecule has 0 aromatic heterocycles. The van der Waals surface area contributed by atoms with Crippen LogP contribution in [0.4, 0.5) is 50.0 Å². The second kappa shape index (κ2) is 11.1. The van der Waals surface area contributed by atoms with Crippen molar-refractivity contribution in [2.75, 3.05) is 11.5 Å². The van der Waals surface area contributed by atoms with Crippen LogP contribution in [0.3, 0.4) is 0 Å². The highest BCUT2D eigenvalue weighted by Crippen LogP contribution is 2.48. The second-order valence-electron chi connectivity index (χ2n) is 10.1. The number of nitrogens with one attached hydrogen (secondary N) is 1. The molecule has 2 unspecified atom stereocenters. The number of amides is 2. The van der Waals surface area contributed by atoms with E-state index in [0.29, 0.717) is 31.4 Å². The Hall–Kier alpha value is -3.45. The summed E-state index contributed by atoms with van der Waals surface area (Å²) < 4.78 is 125. The molecule has 2 aromatic carbocycles. The average Bonchev–Trinajstić information content (AvgIpc) is 3.70. The van der Waals surface area contributed by atoms with Gasteiger partial charge in [-0.3, -0.25) is 9.69 Å². The van der Waals surface area contributed by atoms with Gasteiger partial charge >= 0.3 is 24.6 Å². The van der Waals surface area contributed by atoms with Crippen molar-refractivity contribution in [3.63, 3.8) is 0 Å². The maximum Gasteiger partial charge on any atom is 0.416 e. The highest BCUT2D eigenvalue weighted by molar-refractivity contribution is 5.91. The molecule has 2 aliphatic rings. The molecule has 2 amide bonds. The number of fused-ring (bicyclic) bond motifs is 1. The number of alkyl halides is 9. The van der Waals surface area contributed by atoms with Gasteiger partial charge in [-0.05, 0) is 79.1 Å². The third kappa shape index (κ3) is 7.07. The van der Waals surface area contributed by atoms with Crippen LogP contribution in [0.2, 0.25) is 0 Å². The van der Waals surface area contributed by atoms with E-state index in [-0.39, 0.29) is 36.3 Å². The van der Waals surface area contributed by atoms with Gasteiger partial charge in [0.05, 0.1) is 41.4 Å². The van der Waals surface area contributed by atoms with Gasteiger partial charge in [-0.25, -0.2) is 4.79 Å². The number of carbonyl (C=O) groups is 2. The third-order valence-electron chi connectivity index (χ3n) is 6.94. The molecule has 1 heterocycles. The van der Waals surface area contributed by atoms with Gasteiger partial charge in [-0.15, -0.1) is 0 Å². The van der Waals surface area contributed by atoms with Gasteiger partial charge < -0.3 is 10.1 Å². The zero-order valence-corrected chi connectivity index (χ0v) is 21.5. The fraction of sp³-hybridized carbons (Fsp3) is 0.481. The average molecular weight is 596 g/mol. The van der Waals surface area contributed by atoms with E-state index in [1.165, 1.54) is 4.90 Å². The Kier molecular flexibility index (Phi) is 8.25. The van der Waals surface area contributed by atoms with Crippen molar-refractivity contribution in [2.24, 2.45) is 5.92 Å². The molecule has 0 radical (unpaired) electrons. The maximum atomic E-state index is 13.6. The van der Waals surface area contributed by atoms with Gasteiger partial charge in [-0.1, -0.05) is 6.92 Å². The number of rotatable bonds is 6. The van der Waals surface area contributed by atoms with Gasteiger partial charge in [-0.2, -0.15) is 39.5 Å². The number of halogens is 9. The first-order chi connectivity index (χ1) is 19.0. The number of ether oxygens (including phenoxy) is 1. The Morgan fingerprint density at radius 2 is 1.46 bits per heavy atom. The van der Waals surface area contributed by atoms with Crippen LogP contribution in [0.1, 0.15) is 66.5 Å². The lowest BCUT2D eigenvalue weighted by atomic mass is 9.87. The van der Waals surface area contributed by atoms with Gasteiger partial charge in [0.1, 0.15) is 0 Å². The summed E-state index contributed by atoms with van der Waals surface area (Å²) in [6.45, 7) is 1.83. The monoisotopic (exact) mass is 596 g/mol. The lowest BCUT2D eigenvalue weighted by Crippen LogP contribution is -2.49. The zero-order valence-electron chi connectivity index (χ0n) is 21.5. The van der Waals surface area contributed by atoms with Crippen LogP contribution in [0, 0.1) is 5.92 Å². The molecule has 1 aliphatic carbocycles. The molecule has 2 aromatic rings. The molecule has 4 rings (SSSR count). The molecule has 1 fully saturated rings. The van der Waals surface area contributed by atoms with Crippen LogP contribution >= 0.6 is 0 Å². The Morgan fingerprint density at radius 1 is 0.878 bits per heavy atom.